The van der Waals surface area contributed by atoms with Crippen LogP contribution in [0.1, 0.15) is 37.9 Å². The smallest absolute Gasteiger partial charge is 0.338 e. The lowest BCUT2D eigenvalue weighted by molar-refractivity contribution is 0.0740. The van der Waals surface area contributed by atoms with Gasteiger partial charge in [-0.3, -0.25) is 4.98 Å². The van der Waals surface area contributed by atoms with E-state index < -0.39 is 0 Å². The highest BCUT2D eigenvalue weighted by molar-refractivity contribution is 5.73. The van der Waals surface area contributed by atoms with E-state index in [1.54, 1.807) is 7.05 Å². The van der Waals surface area contributed by atoms with Crippen LogP contribution < -0.4 is 11.0 Å². The van der Waals surface area contributed by atoms with Crippen molar-refractivity contribution in [3.05, 3.63) is 16.3 Å². The topological polar surface area (TPSA) is 93.9 Å². The molecule has 2 aliphatic carbocycles. The van der Waals surface area contributed by atoms with Gasteiger partial charge in [-0.1, -0.05) is 19.3 Å². The van der Waals surface area contributed by atoms with Crippen molar-refractivity contribution >= 4 is 6.03 Å². The third-order valence-electron chi connectivity index (χ3n) is 4.91. The fourth-order valence-corrected chi connectivity index (χ4v) is 3.29. The second-order valence-corrected chi connectivity index (χ2v) is 6.46. The summed E-state index contributed by atoms with van der Waals surface area (Å²) >= 11 is 0. The molecule has 0 aliphatic heterocycles. The number of nitrogens with zero attached hydrogens (tertiary/aromatic N) is 2. The van der Waals surface area contributed by atoms with Crippen LogP contribution in [0.5, 0.6) is 0 Å². The number of carbonyl (C=O) groups is 1. The first-order valence-corrected chi connectivity index (χ1v) is 7.74. The van der Waals surface area contributed by atoms with Gasteiger partial charge < -0.3 is 10.2 Å². The minimum absolute atomic E-state index is 0.119. The highest BCUT2D eigenvalue weighted by Gasteiger charge is 2.37. The molecule has 0 atom stereocenters. The third-order valence-corrected chi connectivity index (χ3v) is 4.91. The highest BCUT2D eigenvalue weighted by atomic mass is 16.2. The van der Waals surface area contributed by atoms with Crippen molar-refractivity contribution in [3.8, 4) is 0 Å². The van der Waals surface area contributed by atoms with E-state index in [9.17, 15) is 9.59 Å². The molecule has 116 valence electrons. The molecule has 1 heterocycles. The number of hydrogen-bond donors (Lipinski definition) is 3. The summed E-state index contributed by atoms with van der Waals surface area (Å²) in [6.45, 7) is 1.05. The van der Waals surface area contributed by atoms with Gasteiger partial charge >= 0.3 is 11.7 Å². The Morgan fingerprint density at radius 3 is 2.71 bits per heavy atom. The van der Waals surface area contributed by atoms with E-state index in [1.165, 1.54) is 37.0 Å². The van der Waals surface area contributed by atoms with Crippen LogP contribution in [0.4, 0.5) is 4.79 Å². The normalized spacial score (nSPS) is 25.0. The number of H-pyrrole nitrogens is 2. The Labute approximate surface area is 123 Å². The number of aromatic nitrogens is 3. The van der Waals surface area contributed by atoms with Crippen LogP contribution >= 0.6 is 0 Å². The molecule has 0 aromatic carbocycles. The van der Waals surface area contributed by atoms with Crippen molar-refractivity contribution in [1.82, 2.24) is 25.4 Å². The Kier molecular flexibility index (Phi) is 3.98. The van der Waals surface area contributed by atoms with Gasteiger partial charge in [-0.25, -0.2) is 14.7 Å². The molecule has 7 nitrogen and oxygen atoms in total. The molecule has 2 saturated carbocycles. The number of urea groups is 1. The van der Waals surface area contributed by atoms with E-state index in [-0.39, 0.29) is 11.7 Å². The predicted molar refractivity (Wildman–Crippen MR) is 77.6 cm³/mol. The highest BCUT2D eigenvalue weighted by Crippen LogP contribution is 2.46. The van der Waals surface area contributed by atoms with Gasteiger partial charge in [-0.05, 0) is 30.6 Å². The number of carbonyl (C=O) groups excluding carboxylic acids is 1. The molecule has 0 bridgehead atoms. The lowest BCUT2D eigenvalue weighted by Gasteiger charge is -2.44. The predicted octanol–water partition coefficient (Wildman–Crippen LogP) is 1.07. The molecular formula is C14H23N5O2. The average molecular weight is 293 g/mol. The van der Waals surface area contributed by atoms with E-state index in [1.807, 2.05) is 0 Å². The van der Waals surface area contributed by atoms with E-state index in [0.29, 0.717) is 18.3 Å². The summed E-state index contributed by atoms with van der Waals surface area (Å²) in [5, 5.41) is 9.04. The zero-order chi connectivity index (χ0) is 14.8. The molecule has 0 saturated heterocycles. The molecule has 21 heavy (non-hydrogen) atoms. The monoisotopic (exact) mass is 293 g/mol. The fraction of sp³-hybridized carbons (Fsp3) is 0.786. The quantitative estimate of drug-likeness (QED) is 0.758. The summed E-state index contributed by atoms with van der Waals surface area (Å²) < 4.78 is 0. The fourth-order valence-electron chi connectivity index (χ4n) is 3.29. The van der Waals surface area contributed by atoms with Crippen LogP contribution in [0.3, 0.4) is 0 Å². The summed E-state index contributed by atoms with van der Waals surface area (Å²) in [6, 6.07) is -0.119. The maximum atomic E-state index is 12.0. The molecule has 0 radical (unpaired) electrons. The lowest BCUT2D eigenvalue weighted by Crippen LogP contribution is -2.43. The Balaban J connectivity index is 1.35. The zero-order valence-electron chi connectivity index (χ0n) is 12.4. The maximum absolute atomic E-state index is 12.0. The summed E-state index contributed by atoms with van der Waals surface area (Å²) in [5.74, 6) is 2.98. The molecule has 2 fully saturated rings. The van der Waals surface area contributed by atoms with E-state index in [2.05, 4.69) is 20.5 Å². The minimum Gasteiger partial charge on any atom is -0.338 e. The Morgan fingerprint density at radius 1 is 1.38 bits per heavy atom. The minimum atomic E-state index is -0.352. The van der Waals surface area contributed by atoms with Crippen molar-refractivity contribution in [2.75, 3.05) is 13.6 Å². The summed E-state index contributed by atoms with van der Waals surface area (Å²) in [4.78, 5) is 27.0. The van der Waals surface area contributed by atoms with Gasteiger partial charge in [0, 0.05) is 13.6 Å². The Morgan fingerprint density at radius 2 is 2.14 bits per heavy atom. The standard InChI is InChI=1S/C14H23N5O2/c1-19(8-12-16-13(20)18-17-12)14(21)15-7-9-5-11(6-9)10-3-2-4-10/h9-11H,2-8H2,1H3,(H,15,21)(H2,16,17,18,20). The molecule has 1 aromatic heterocycles. The molecule has 0 spiro atoms. The first kappa shape index (κ1) is 14.2. The lowest BCUT2D eigenvalue weighted by atomic mass is 9.62. The molecule has 3 rings (SSSR count). The summed E-state index contributed by atoms with van der Waals surface area (Å²) in [6.07, 6.45) is 6.76. The van der Waals surface area contributed by atoms with Gasteiger partial charge in [0.25, 0.3) is 0 Å². The molecule has 2 aliphatic rings. The first-order valence-electron chi connectivity index (χ1n) is 7.74. The molecule has 3 N–H and O–H groups in total. The van der Waals surface area contributed by atoms with Crippen molar-refractivity contribution in [2.24, 2.45) is 17.8 Å². The zero-order valence-corrected chi connectivity index (χ0v) is 12.4. The molecule has 1 aromatic rings. The summed E-state index contributed by atoms with van der Waals surface area (Å²) in [5.41, 5.74) is -0.352. The third kappa shape index (κ3) is 3.28. The van der Waals surface area contributed by atoms with E-state index >= 15 is 0 Å². The summed E-state index contributed by atoms with van der Waals surface area (Å²) in [7, 11) is 1.69. The number of hydrogen-bond acceptors (Lipinski definition) is 3. The number of nitrogens with one attached hydrogen (secondary N) is 3. The molecule has 0 unspecified atom stereocenters. The molecular weight excluding hydrogens is 270 g/mol. The van der Waals surface area contributed by atoms with Crippen molar-refractivity contribution in [1.29, 1.82) is 0 Å². The Bertz CT molecular complexity index is 542. The van der Waals surface area contributed by atoms with Crippen LogP contribution in [0.2, 0.25) is 0 Å². The largest absolute Gasteiger partial charge is 0.340 e. The Hall–Kier alpha value is -1.79. The average Bonchev–Trinajstić information content (AvgIpc) is 2.74. The number of aromatic amines is 2. The van der Waals surface area contributed by atoms with Crippen LogP contribution in [0.15, 0.2) is 4.79 Å². The van der Waals surface area contributed by atoms with Gasteiger partial charge in [0.1, 0.15) is 0 Å². The second kappa shape index (κ2) is 5.91. The van der Waals surface area contributed by atoms with Gasteiger partial charge in [0.15, 0.2) is 5.82 Å². The van der Waals surface area contributed by atoms with E-state index in [4.69, 9.17) is 0 Å². The van der Waals surface area contributed by atoms with Crippen molar-refractivity contribution < 1.29 is 4.79 Å². The molecule has 2 amide bonds. The van der Waals surface area contributed by atoms with Gasteiger partial charge in [0.2, 0.25) is 0 Å². The number of rotatable bonds is 5. The SMILES string of the molecule is CN(Cc1n[nH]c(=O)[nH]1)C(=O)NCC1CC(C2CCC2)C1. The van der Waals surface area contributed by atoms with Crippen LogP contribution in [0.25, 0.3) is 0 Å². The van der Waals surface area contributed by atoms with Crippen molar-refractivity contribution in [2.45, 2.75) is 38.6 Å². The molecule has 7 heteroatoms. The van der Waals surface area contributed by atoms with Gasteiger partial charge in [-0.15, -0.1) is 0 Å². The van der Waals surface area contributed by atoms with E-state index in [0.717, 1.165) is 18.4 Å². The van der Waals surface area contributed by atoms with Crippen LogP contribution in [0, 0.1) is 17.8 Å². The number of amides is 2. The van der Waals surface area contributed by atoms with Gasteiger partial charge in [0.05, 0.1) is 6.54 Å². The second-order valence-electron chi connectivity index (χ2n) is 6.46. The van der Waals surface area contributed by atoms with Crippen molar-refractivity contribution in [3.63, 3.8) is 0 Å². The maximum Gasteiger partial charge on any atom is 0.340 e. The van der Waals surface area contributed by atoms with Crippen LogP contribution in [-0.2, 0) is 6.54 Å². The van der Waals surface area contributed by atoms with Gasteiger partial charge in [-0.2, -0.15) is 5.10 Å². The van der Waals surface area contributed by atoms with Crippen LogP contribution in [-0.4, -0.2) is 39.7 Å². The first-order chi connectivity index (χ1) is 10.1.